The van der Waals surface area contributed by atoms with Gasteiger partial charge in [0.05, 0.1) is 38.3 Å². The number of morpholine rings is 1. The molecule has 6 heteroatoms. The van der Waals surface area contributed by atoms with E-state index in [4.69, 9.17) is 14.6 Å². The zero-order chi connectivity index (χ0) is 16.2. The molecule has 0 radical (unpaired) electrons. The van der Waals surface area contributed by atoms with E-state index in [0.29, 0.717) is 26.3 Å². The number of nitrogens with zero attached hydrogens (tertiary/aromatic N) is 1. The number of aliphatic carboxylic acids is 1. The number of ether oxygens (including phenoxy) is 2. The van der Waals surface area contributed by atoms with E-state index in [1.807, 2.05) is 18.2 Å². The van der Waals surface area contributed by atoms with Gasteiger partial charge in [0.25, 0.3) is 0 Å². The van der Waals surface area contributed by atoms with Crippen LogP contribution in [0.15, 0.2) is 24.3 Å². The second-order valence-corrected chi connectivity index (χ2v) is 5.94. The van der Waals surface area contributed by atoms with Crippen molar-refractivity contribution in [2.45, 2.75) is 31.5 Å². The van der Waals surface area contributed by atoms with Crippen LogP contribution < -0.4 is 0 Å². The Kier molecular flexibility index (Phi) is 4.93. The largest absolute Gasteiger partial charge is 0.481 e. The number of benzene rings is 1. The molecule has 3 rings (SSSR count). The third-order valence-corrected chi connectivity index (χ3v) is 4.35. The molecule has 124 valence electrons. The molecule has 1 aromatic rings. The molecule has 6 nitrogen and oxygen atoms in total. The van der Waals surface area contributed by atoms with Crippen LogP contribution in [-0.4, -0.2) is 54.3 Å². The topological polar surface area (TPSA) is 76.1 Å². The number of hydrogen-bond donors (Lipinski definition) is 1. The highest BCUT2D eigenvalue weighted by atomic mass is 16.5. The Balaban J connectivity index is 1.62. The van der Waals surface area contributed by atoms with Crippen LogP contribution in [0.4, 0.5) is 0 Å². The minimum absolute atomic E-state index is 0.00890. The lowest BCUT2D eigenvalue weighted by atomic mass is 9.95. The van der Waals surface area contributed by atoms with Crippen LogP contribution in [0, 0.1) is 0 Å². The van der Waals surface area contributed by atoms with Crippen LogP contribution >= 0.6 is 0 Å². The first kappa shape index (κ1) is 16.0. The van der Waals surface area contributed by atoms with Gasteiger partial charge in [-0.3, -0.25) is 9.59 Å². The number of amides is 1. The Bertz CT molecular complexity index is 588. The van der Waals surface area contributed by atoms with Gasteiger partial charge in [0.15, 0.2) is 0 Å². The van der Waals surface area contributed by atoms with Gasteiger partial charge in [0.1, 0.15) is 0 Å². The minimum atomic E-state index is -0.908. The van der Waals surface area contributed by atoms with Crippen molar-refractivity contribution in [3.05, 3.63) is 35.4 Å². The molecule has 1 aromatic carbocycles. The minimum Gasteiger partial charge on any atom is -0.481 e. The summed E-state index contributed by atoms with van der Waals surface area (Å²) in [5.74, 6) is -0.917. The summed E-state index contributed by atoms with van der Waals surface area (Å²) in [6.07, 6.45) is 0.445. The van der Waals surface area contributed by atoms with Gasteiger partial charge in [-0.15, -0.1) is 0 Å². The molecule has 0 unspecified atom stereocenters. The molecular formula is C17H21NO5. The number of carbonyl (C=O) groups is 2. The summed E-state index contributed by atoms with van der Waals surface area (Å²) in [5, 5.41) is 8.86. The Morgan fingerprint density at radius 1 is 1.17 bits per heavy atom. The molecule has 23 heavy (non-hydrogen) atoms. The standard InChI is InChI=1S/C17H21NO5/c19-16(18-6-8-22-13(11-18)9-17(20)21)10-15-14-4-2-1-3-12(14)5-7-23-15/h1-4,13,15H,5-11H2,(H,20,21)/t13-,15+/m0/s1. The molecular weight excluding hydrogens is 298 g/mol. The third-order valence-electron chi connectivity index (χ3n) is 4.35. The Morgan fingerprint density at radius 2 is 2.00 bits per heavy atom. The molecule has 0 bridgehead atoms. The quantitative estimate of drug-likeness (QED) is 0.907. The summed E-state index contributed by atoms with van der Waals surface area (Å²) in [4.78, 5) is 25.0. The fourth-order valence-corrected chi connectivity index (χ4v) is 3.20. The highest BCUT2D eigenvalue weighted by Crippen LogP contribution is 2.30. The van der Waals surface area contributed by atoms with Crippen LogP contribution in [0.1, 0.15) is 30.1 Å². The first-order chi connectivity index (χ1) is 11.1. The van der Waals surface area contributed by atoms with Crippen molar-refractivity contribution in [1.82, 2.24) is 4.90 Å². The SMILES string of the molecule is O=C(O)C[C@H]1CN(C(=O)C[C@H]2OCCc3ccccc32)CCO1. The molecule has 0 spiro atoms. The highest BCUT2D eigenvalue weighted by molar-refractivity contribution is 5.77. The molecule has 0 saturated carbocycles. The van der Waals surface area contributed by atoms with Crippen molar-refractivity contribution in [3.63, 3.8) is 0 Å². The highest BCUT2D eigenvalue weighted by Gasteiger charge is 2.29. The predicted molar refractivity (Wildman–Crippen MR) is 82.0 cm³/mol. The van der Waals surface area contributed by atoms with Crippen molar-refractivity contribution in [2.75, 3.05) is 26.3 Å². The van der Waals surface area contributed by atoms with Crippen molar-refractivity contribution in [3.8, 4) is 0 Å². The summed E-state index contributed by atoms with van der Waals surface area (Å²) in [6.45, 7) is 1.84. The molecule has 0 aromatic heterocycles. The van der Waals surface area contributed by atoms with E-state index in [2.05, 4.69) is 6.07 Å². The summed E-state index contributed by atoms with van der Waals surface area (Å²) in [5.41, 5.74) is 2.32. The van der Waals surface area contributed by atoms with E-state index in [9.17, 15) is 9.59 Å². The Morgan fingerprint density at radius 3 is 2.83 bits per heavy atom. The second-order valence-electron chi connectivity index (χ2n) is 5.94. The Hall–Kier alpha value is -1.92. The third kappa shape index (κ3) is 3.89. The molecule has 2 heterocycles. The number of rotatable bonds is 4. The maximum atomic E-state index is 12.6. The molecule has 0 aliphatic carbocycles. The van der Waals surface area contributed by atoms with Gasteiger partial charge in [-0.25, -0.2) is 0 Å². The van der Waals surface area contributed by atoms with Crippen molar-refractivity contribution < 1.29 is 24.2 Å². The lowest BCUT2D eigenvalue weighted by Crippen LogP contribution is -2.46. The molecule has 1 fully saturated rings. The normalized spacial score (nSPS) is 24.1. The van der Waals surface area contributed by atoms with E-state index in [1.54, 1.807) is 4.90 Å². The van der Waals surface area contributed by atoms with Gasteiger partial charge in [-0.2, -0.15) is 0 Å². The van der Waals surface area contributed by atoms with E-state index in [0.717, 1.165) is 12.0 Å². The van der Waals surface area contributed by atoms with Crippen LogP contribution in [0.3, 0.4) is 0 Å². The first-order valence-electron chi connectivity index (χ1n) is 7.94. The van der Waals surface area contributed by atoms with Crippen molar-refractivity contribution >= 4 is 11.9 Å². The lowest BCUT2D eigenvalue weighted by Gasteiger charge is -2.34. The Labute approximate surface area is 135 Å². The van der Waals surface area contributed by atoms with Gasteiger partial charge in [-0.05, 0) is 17.5 Å². The van der Waals surface area contributed by atoms with Gasteiger partial charge in [-0.1, -0.05) is 24.3 Å². The molecule has 1 amide bonds. The second kappa shape index (κ2) is 7.10. The molecule has 1 saturated heterocycles. The van der Waals surface area contributed by atoms with Crippen molar-refractivity contribution in [1.29, 1.82) is 0 Å². The maximum Gasteiger partial charge on any atom is 0.306 e. The number of carboxylic acid groups (broad SMARTS) is 1. The van der Waals surface area contributed by atoms with Crippen LogP contribution in [0.5, 0.6) is 0 Å². The molecule has 2 atom stereocenters. The van der Waals surface area contributed by atoms with E-state index in [1.165, 1.54) is 5.56 Å². The summed E-state index contributed by atoms with van der Waals surface area (Å²) in [7, 11) is 0. The summed E-state index contributed by atoms with van der Waals surface area (Å²) in [6, 6.07) is 8.05. The average Bonchev–Trinajstić information content (AvgIpc) is 2.55. The first-order valence-corrected chi connectivity index (χ1v) is 7.94. The number of hydrogen-bond acceptors (Lipinski definition) is 4. The zero-order valence-corrected chi connectivity index (χ0v) is 12.9. The van der Waals surface area contributed by atoms with Crippen LogP contribution in [0.2, 0.25) is 0 Å². The van der Waals surface area contributed by atoms with Gasteiger partial charge in [0, 0.05) is 13.1 Å². The molecule has 1 N–H and O–H groups in total. The molecule has 2 aliphatic heterocycles. The van der Waals surface area contributed by atoms with E-state index in [-0.39, 0.29) is 24.9 Å². The van der Waals surface area contributed by atoms with Gasteiger partial charge in [0.2, 0.25) is 5.91 Å². The smallest absolute Gasteiger partial charge is 0.306 e. The summed E-state index contributed by atoms with van der Waals surface area (Å²) < 4.78 is 11.2. The number of fused-ring (bicyclic) bond motifs is 1. The lowest BCUT2D eigenvalue weighted by molar-refractivity contribution is -0.149. The van der Waals surface area contributed by atoms with Gasteiger partial charge < -0.3 is 19.5 Å². The zero-order valence-electron chi connectivity index (χ0n) is 12.9. The monoisotopic (exact) mass is 319 g/mol. The van der Waals surface area contributed by atoms with Crippen molar-refractivity contribution in [2.24, 2.45) is 0 Å². The van der Waals surface area contributed by atoms with Gasteiger partial charge >= 0.3 is 5.97 Å². The number of carbonyl (C=O) groups excluding carboxylic acids is 1. The summed E-state index contributed by atoms with van der Waals surface area (Å²) >= 11 is 0. The number of carboxylic acids is 1. The fourth-order valence-electron chi connectivity index (χ4n) is 3.20. The van der Waals surface area contributed by atoms with E-state index < -0.39 is 12.1 Å². The van der Waals surface area contributed by atoms with Crippen LogP contribution in [-0.2, 0) is 25.5 Å². The average molecular weight is 319 g/mol. The maximum absolute atomic E-state index is 12.6. The fraction of sp³-hybridized carbons (Fsp3) is 0.529. The van der Waals surface area contributed by atoms with Crippen LogP contribution in [0.25, 0.3) is 0 Å². The molecule has 2 aliphatic rings. The van der Waals surface area contributed by atoms with E-state index >= 15 is 0 Å². The predicted octanol–water partition coefficient (Wildman–Crippen LogP) is 1.39.